The molecule has 72 valence electrons. The highest BCUT2D eigenvalue weighted by atomic mass is 79.9. The van der Waals surface area contributed by atoms with Crippen LogP contribution >= 0.6 is 15.9 Å². The highest BCUT2D eigenvalue weighted by Crippen LogP contribution is 2.17. The van der Waals surface area contributed by atoms with Crippen molar-refractivity contribution in [3.63, 3.8) is 0 Å². The summed E-state index contributed by atoms with van der Waals surface area (Å²) in [5.41, 5.74) is 0.617. The summed E-state index contributed by atoms with van der Waals surface area (Å²) >= 11 is 3.21. The molecule has 0 aromatic carbocycles. The molecule has 0 saturated carbocycles. The van der Waals surface area contributed by atoms with Gasteiger partial charge in [0.05, 0.1) is 10.0 Å². The predicted octanol–water partition coefficient (Wildman–Crippen LogP) is 1.44. The molecule has 0 unspecified atom stereocenters. The van der Waals surface area contributed by atoms with Gasteiger partial charge in [-0.05, 0) is 22.0 Å². The van der Waals surface area contributed by atoms with E-state index in [2.05, 4.69) is 26.1 Å². The zero-order valence-electron chi connectivity index (χ0n) is 7.27. The summed E-state index contributed by atoms with van der Waals surface area (Å²) in [6, 6.07) is 1.75. The van der Waals surface area contributed by atoms with Crippen LogP contribution in [0.5, 0.6) is 0 Å². The first-order chi connectivity index (χ1) is 6.65. The van der Waals surface area contributed by atoms with Crippen LogP contribution in [0.25, 0.3) is 11.4 Å². The van der Waals surface area contributed by atoms with E-state index in [0.29, 0.717) is 26.5 Å². The summed E-state index contributed by atoms with van der Waals surface area (Å²) < 4.78 is 6.17. The molecule has 2 heterocycles. The fraction of sp³-hybridized carbons (Fsp3) is 0.125. The lowest BCUT2D eigenvalue weighted by molar-refractivity contribution is -0.605. The van der Waals surface area contributed by atoms with Crippen LogP contribution in [0.4, 0.5) is 0 Å². The summed E-state index contributed by atoms with van der Waals surface area (Å²) in [7, 11) is 0. The van der Waals surface area contributed by atoms with Crippen LogP contribution in [-0.2, 0) is 0 Å². The average Bonchev–Trinajstić information content (AvgIpc) is 2.50. The second-order valence-electron chi connectivity index (χ2n) is 2.74. The quantitative estimate of drug-likeness (QED) is 0.572. The van der Waals surface area contributed by atoms with Gasteiger partial charge in [-0.25, -0.2) is 0 Å². The molecule has 0 atom stereocenters. The molecule has 5 nitrogen and oxygen atoms in total. The molecule has 0 aliphatic heterocycles. The first kappa shape index (κ1) is 9.14. The Hall–Kier alpha value is -1.43. The van der Waals surface area contributed by atoms with Crippen molar-refractivity contribution in [1.82, 2.24) is 10.1 Å². The highest BCUT2D eigenvalue weighted by molar-refractivity contribution is 9.10. The molecular weight excluding hydrogens is 250 g/mol. The van der Waals surface area contributed by atoms with E-state index in [1.54, 1.807) is 13.0 Å². The van der Waals surface area contributed by atoms with Gasteiger partial charge in [0, 0.05) is 6.92 Å². The number of aryl methyl sites for hydroxylation is 1. The van der Waals surface area contributed by atoms with E-state index in [4.69, 9.17) is 4.52 Å². The van der Waals surface area contributed by atoms with Crippen molar-refractivity contribution in [2.24, 2.45) is 0 Å². The lowest BCUT2D eigenvalue weighted by Gasteiger charge is -1.97. The third kappa shape index (κ3) is 1.74. The number of halogens is 1. The van der Waals surface area contributed by atoms with E-state index >= 15 is 0 Å². The van der Waals surface area contributed by atoms with Gasteiger partial charge in [0.15, 0.2) is 12.4 Å². The van der Waals surface area contributed by atoms with Crippen molar-refractivity contribution in [1.29, 1.82) is 0 Å². The molecule has 0 fully saturated rings. The van der Waals surface area contributed by atoms with Crippen molar-refractivity contribution in [2.75, 3.05) is 0 Å². The molecule has 2 aromatic heterocycles. The lowest BCUT2D eigenvalue weighted by Crippen LogP contribution is -2.24. The maximum Gasteiger partial charge on any atom is 0.223 e. The van der Waals surface area contributed by atoms with Crippen LogP contribution in [0.15, 0.2) is 27.5 Å². The number of hydrogen-bond donors (Lipinski definition) is 0. The van der Waals surface area contributed by atoms with Crippen molar-refractivity contribution in [3.8, 4) is 11.4 Å². The van der Waals surface area contributed by atoms with Gasteiger partial charge in [-0.1, -0.05) is 5.16 Å². The molecule has 0 amide bonds. The maximum atomic E-state index is 11.1. The average molecular weight is 256 g/mol. The molecular formula is C8H6BrN3O2. The summed E-state index contributed by atoms with van der Waals surface area (Å²) in [5, 5.41) is 14.8. The number of rotatable bonds is 1. The van der Waals surface area contributed by atoms with Gasteiger partial charge < -0.3 is 9.73 Å². The van der Waals surface area contributed by atoms with Crippen molar-refractivity contribution in [2.45, 2.75) is 6.92 Å². The smallest absolute Gasteiger partial charge is 0.223 e. The molecule has 0 saturated heterocycles. The van der Waals surface area contributed by atoms with Gasteiger partial charge in [0.1, 0.15) is 0 Å². The lowest BCUT2D eigenvalue weighted by atomic mass is 10.3. The Labute approximate surface area is 88.1 Å². The zero-order valence-corrected chi connectivity index (χ0v) is 8.85. The SMILES string of the molecule is Cc1nc(-c2cc(Br)c[n+]([O-])c2)no1. The van der Waals surface area contributed by atoms with E-state index in [1.165, 1.54) is 12.4 Å². The molecule has 0 spiro atoms. The van der Waals surface area contributed by atoms with Crippen LogP contribution in [0, 0.1) is 12.1 Å². The van der Waals surface area contributed by atoms with Gasteiger partial charge in [-0.2, -0.15) is 9.71 Å². The highest BCUT2D eigenvalue weighted by Gasteiger charge is 2.09. The minimum absolute atomic E-state index is 0.411. The van der Waals surface area contributed by atoms with Gasteiger partial charge in [-0.15, -0.1) is 0 Å². The van der Waals surface area contributed by atoms with Crippen LogP contribution in [0.1, 0.15) is 5.89 Å². The molecule has 0 N–H and O–H groups in total. The number of pyridine rings is 1. The van der Waals surface area contributed by atoms with E-state index in [-0.39, 0.29) is 0 Å². The summed E-state index contributed by atoms with van der Waals surface area (Å²) in [4.78, 5) is 4.01. The van der Waals surface area contributed by atoms with Gasteiger partial charge >= 0.3 is 0 Å². The fourth-order valence-corrected chi connectivity index (χ4v) is 1.51. The van der Waals surface area contributed by atoms with E-state index in [0.717, 1.165) is 0 Å². The topological polar surface area (TPSA) is 65.9 Å². The molecule has 0 bridgehead atoms. The number of aromatic nitrogens is 3. The first-order valence-corrected chi connectivity index (χ1v) is 4.64. The van der Waals surface area contributed by atoms with Crippen molar-refractivity contribution >= 4 is 15.9 Å². The number of hydrogen-bond acceptors (Lipinski definition) is 4. The normalized spacial score (nSPS) is 10.4. The summed E-state index contributed by atoms with van der Waals surface area (Å²) in [6.07, 6.45) is 2.78. The van der Waals surface area contributed by atoms with Gasteiger partial charge in [0.25, 0.3) is 0 Å². The monoisotopic (exact) mass is 255 g/mol. The second-order valence-corrected chi connectivity index (χ2v) is 3.66. The van der Waals surface area contributed by atoms with Gasteiger partial charge in [0.2, 0.25) is 11.7 Å². The molecule has 14 heavy (non-hydrogen) atoms. The van der Waals surface area contributed by atoms with Crippen LogP contribution in [0.2, 0.25) is 0 Å². The Balaban J connectivity index is 2.51. The maximum absolute atomic E-state index is 11.1. The van der Waals surface area contributed by atoms with Gasteiger partial charge in [-0.3, -0.25) is 0 Å². The van der Waals surface area contributed by atoms with E-state index in [1.807, 2.05) is 0 Å². The number of nitrogens with zero attached hydrogens (tertiary/aromatic N) is 3. The molecule has 0 radical (unpaired) electrons. The Morgan fingerprint density at radius 3 is 2.86 bits per heavy atom. The summed E-state index contributed by atoms with van der Waals surface area (Å²) in [5.74, 6) is 0.880. The molecule has 2 rings (SSSR count). The van der Waals surface area contributed by atoms with Crippen molar-refractivity contribution in [3.05, 3.63) is 34.0 Å². The summed E-state index contributed by atoms with van der Waals surface area (Å²) in [6.45, 7) is 1.69. The zero-order chi connectivity index (χ0) is 10.1. The molecule has 2 aromatic rings. The minimum atomic E-state index is 0.411. The van der Waals surface area contributed by atoms with E-state index < -0.39 is 0 Å². The van der Waals surface area contributed by atoms with Crippen LogP contribution in [0.3, 0.4) is 0 Å². The van der Waals surface area contributed by atoms with E-state index in [9.17, 15) is 5.21 Å². The molecule has 0 aliphatic rings. The van der Waals surface area contributed by atoms with Crippen molar-refractivity contribution < 1.29 is 9.25 Å². The standard InChI is InChI=1S/C8H6BrN3O2/c1-5-10-8(11-14-5)6-2-7(9)4-12(13)3-6/h2-4H,1H3. The second kappa shape index (κ2) is 3.38. The molecule has 6 heteroatoms. The Morgan fingerprint density at radius 2 is 2.29 bits per heavy atom. The Kier molecular flexibility index (Phi) is 2.20. The van der Waals surface area contributed by atoms with Crippen LogP contribution in [-0.4, -0.2) is 10.1 Å². The minimum Gasteiger partial charge on any atom is -0.619 e. The Morgan fingerprint density at radius 1 is 1.50 bits per heavy atom. The van der Waals surface area contributed by atoms with Crippen LogP contribution < -0.4 is 4.73 Å². The Bertz CT molecular complexity index is 449. The first-order valence-electron chi connectivity index (χ1n) is 3.85. The fourth-order valence-electron chi connectivity index (χ4n) is 1.06. The third-order valence-corrected chi connectivity index (χ3v) is 2.03. The predicted molar refractivity (Wildman–Crippen MR) is 51.1 cm³/mol. The third-order valence-electron chi connectivity index (χ3n) is 1.60. The molecule has 0 aliphatic carbocycles. The largest absolute Gasteiger partial charge is 0.619 e.